The van der Waals surface area contributed by atoms with Gasteiger partial charge in [0.15, 0.2) is 17.5 Å². The molecule has 0 radical (unpaired) electrons. The predicted octanol–water partition coefficient (Wildman–Crippen LogP) is 2.49. The Kier molecular flexibility index (Phi) is 4.24. The summed E-state index contributed by atoms with van der Waals surface area (Å²) in [4.78, 5) is 6.72. The first-order valence-corrected chi connectivity index (χ1v) is 8.36. The molecule has 0 spiro atoms. The fourth-order valence-electron chi connectivity index (χ4n) is 2.99. The number of benzene rings is 1. The van der Waals surface area contributed by atoms with Gasteiger partial charge in [-0.25, -0.2) is 0 Å². The van der Waals surface area contributed by atoms with E-state index in [1.807, 2.05) is 25.2 Å². The van der Waals surface area contributed by atoms with Crippen LogP contribution in [0.1, 0.15) is 27.7 Å². The van der Waals surface area contributed by atoms with Crippen molar-refractivity contribution in [1.29, 1.82) is 0 Å². The van der Waals surface area contributed by atoms with Gasteiger partial charge in [0.05, 0.1) is 6.54 Å². The SMILES string of the molecule is CN=C(NCCOc1ccc2c(c1)OCO2)N1CC(C)(C)C1(C)C. The lowest BCUT2D eigenvalue weighted by Gasteiger charge is -2.62. The molecule has 0 saturated carbocycles. The monoisotopic (exact) mass is 333 g/mol. The van der Waals surface area contributed by atoms with Crippen LogP contribution in [-0.2, 0) is 0 Å². The third kappa shape index (κ3) is 2.85. The van der Waals surface area contributed by atoms with Crippen molar-refractivity contribution >= 4 is 5.96 Å². The number of hydrogen-bond donors (Lipinski definition) is 1. The van der Waals surface area contributed by atoms with E-state index in [0.29, 0.717) is 13.2 Å². The number of aliphatic imine (C=N–C) groups is 1. The normalized spacial score (nSPS) is 20.5. The third-order valence-corrected chi connectivity index (χ3v) is 5.35. The van der Waals surface area contributed by atoms with Crippen molar-refractivity contribution in [2.45, 2.75) is 33.2 Å². The Balaban J connectivity index is 1.48. The maximum absolute atomic E-state index is 5.78. The van der Waals surface area contributed by atoms with Crippen molar-refractivity contribution in [3.8, 4) is 17.2 Å². The van der Waals surface area contributed by atoms with Gasteiger partial charge < -0.3 is 24.4 Å². The second kappa shape index (κ2) is 6.07. The maximum Gasteiger partial charge on any atom is 0.231 e. The summed E-state index contributed by atoms with van der Waals surface area (Å²) >= 11 is 0. The topological polar surface area (TPSA) is 55.3 Å². The summed E-state index contributed by atoms with van der Waals surface area (Å²) in [6.07, 6.45) is 0. The average Bonchev–Trinajstić information content (AvgIpc) is 3.01. The quantitative estimate of drug-likeness (QED) is 0.521. The summed E-state index contributed by atoms with van der Waals surface area (Å²) in [6.45, 7) is 11.6. The second-order valence-electron chi connectivity index (χ2n) is 7.37. The average molecular weight is 333 g/mol. The van der Waals surface area contributed by atoms with Gasteiger partial charge >= 0.3 is 0 Å². The Morgan fingerprint density at radius 2 is 2.00 bits per heavy atom. The van der Waals surface area contributed by atoms with Crippen molar-refractivity contribution in [2.75, 3.05) is 33.5 Å². The minimum atomic E-state index is 0.0903. The van der Waals surface area contributed by atoms with Crippen LogP contribution in [0.2, 0.25) is 0 Å². The van der Waals surface area contributed by atoms with E-state index >= 15 is 0 Å². The molecule has 0 bridgehead atoms. The van der Waals surface area contributed by atoms with Crippen molar-refractivity contribution in [2.24, 2.45) is 10.4 Å². The van der Waals surface area contributed by atoms with Gasteiger partial charge in [-0.15, -0.1) is 0 Å². The molecule has 24 heavy (non-hydrogen) atoms. The smallest absolute Gasteiger partial charge is 0.231 e. The summed E-state index contributed by atoms with van der Waals surface area (Å²) in [6, 6.07) is 5.62. The third-order valence-electron chi connectivity index (χ3n) is 5.35. The molecule has 1 saturated heterocycles. The molecule has 2 aliphatic rings. The number of nitrogens with one attached hydrogen (secondary N) is 1. The van der Waals surface area contributed by atoms with E-state index in [9.17, 15) is 0 Å². The highest BCUT2D eigenvalue weighted by Gasteiger charge is 2.53. The summed E-state index contributed by atoms with van der Waals surface area (Å²) < 4.78 is 16.4. The number of hydrogen-bond acceptors (Lipinski definition) is 4. The first-order valence-electron chi connectivity index (χ1n) is 8.36. The second-order valence-corrected chi connectivity index (χ2v) is 7.37. The zero-order valence-electron chi connectivity index (χ0n) is 15.2. The highest BCUT2D eigenvalue weighted by atomic mass is 16.7. The van der Waals surface area contributed by atoms with E-state index in [1.165, 1.54) is 0 Å². The van der Waals surface area contributed by atoms with Gasteiger partial charge in [0.1, 0.15) is 12.4 Å². The summed E-state index contributed by atoms with van der Waals surface area (Å²) in [7, 11) is 1.82. The fraction of sp³-hybridized carbons (Fsp3) is 0.611. The van der Waals surface area contributed by atoms with Crippen LogP contribution < -0.4 is 19.5 Å². The number of guanidine groups is 1. The first kappa shape index (κ1) is 16.7. The molecule has 0 aliphatic carbocycles. The van der Waals surface area contributed by atoms with Crippen molar-refractivity contribution in [1.82, 2.24) is 10.2 Å². The molecule has 1 aromatic rings. The van der Waals surface area contributed by atoms with Crippen LogP contribution in [0.15, 0.2) is 23.2 Å². The Morgan fingerprint density at radius 3 is 2.67 bits per heavy atom. The highest BCUT2D eigenvalue weighted by molar-refractivity contribution is 5.82. The largest absolute Gasteiger partial charge is 0.492 e. The van der Waals surface area contributed by atoms with Crippen molar-refractivity contribution in [3.63, 3.8) is 0 Å². The molecule has 6 nitrogen and oxygen atoms in total. The van der Waals surface area contributed by atoms with Gasteiger partial charge in [-0.3, -0.25) is 4.99 Å². The Morgan fingerprint density at radius 1 is 1.25 bits per heavy atom. The maximum atomic E-state index is 5.78. The van der Waals surface area contributed by atoms with Gasteiger partial charge in [-0.2, -0.15) is 0 Å². The number of fused-ring (bicyclic) bond motifs is 1. The minimum absolute atomic E-state index is 0.0903. The van der Waals surface area contributed by atoms with E-state index in [2.05, 4.69) is 42.9 Å². The Labute approximate surface area is 143 Å². The van der Waals surface area contributed by atoms with Crippen LogP contribution in [-0.4, -0.2) is 49.9 Å². The van der Waals surface area contributed by atoms with Crippen LogP contribution in [0.4, 0.5) is 0 Å². The standard InChI is InChI=1S/C18H27N3O3/c1-17(2)11-21(18(17,3)4)16(19-5)20-8-9-22-13-6-7-14-15(10-13)24-12-23-14/h6-7,10H,8-9,11-12H2,1-5H3,(H,19,20). The lowest BCUT2D eigenvalue weighted by Crippen LogP contribution is -2.72. The van der Waals surface area contributed by atoms with Gasteiger partial charge in [-0.1, -0.05) is 13.8 Å². The lowest BCUT2D eigenvalue weighted by atomic mass is 9.65. The van der Waals surface area contributed by atoms with E-state index < -0.39 is 0 Å². The molecule has 0 amide bonds. The van der Waals surface area contributed by atoms with Crippen LogP contribution in [0.3, 0.4) is 0 Å². The van der Waals surface area contributed by atoms with E-state index in [1.54, 1.807) is 0 Å². The van der Waals surface area contributed by atoms with Crippen molar-refractivity contribution < 1.29 is 14.2 Å². The number of likely N-dealkylation sites (tertiary alicyclic amines) is 1. The van der Waals surface area contributed by atoms with Gasteiger partial charge in [0.25, 0.3) is 0 Å². The summed E-state index contributed by atoms with van der Waals surface area (Å²) in [5, 5.41) is 3.38. The molecule has 6 heteroatoms. The zero-order valence-corrected chi connectivity index (χ0v) is 15.2. The van der Waals surface area contributed by atoms with Gasteiger partial charge in [0, 0.05) is 30.6 Å². The summed E-state index contributed by atoms with van der Waals surface area (Å²) in [5.74, 6) is 3.21. The molecule has 1 fully saturated rings. The van der Waals surface area contributed by atoms with Crippen LogP contribution in [0.5, 0.6) is 17.2 Å². The van der Waals surface area contributed by atoms with Gasteiger partial charge in [-0.05, 0) is 26.0 Å². The van der Waals surface area contributed by atoms with Crippen LogP contribution >= 0.6 is 0 Å². The Bertz CT molecular complexity index is 640. The fourth-order valence-corrected chi connectivity index (χ4v) is 2.99. The molecule has 1 N–H and O–H groups in total. The van der Waals surface area contributed by atoms with Gasteiger partial charge in [0.2, 0.25) is 6.79 Å². The highest BCUT2D eigenvalue weighted by Crippen LogP contribution is 2.46. The lowest BCUT2D eigenvalue weighted by molar-refractivity contribution is -0.0667. The molecule has 132 valence electrons. The zero-order chi connectivity index (χ0) is 17.4. The minimum Gasteiger partial charge on any atom is -0.492 e. The molecule has 3 rings (SSSR count). The van der Waals surface area contributed by atoms with E-state index in [4.69, 9.17) is 14.2 Å². The first-order chi connectivity index (χ1) is 11.3. The molecule has 2 aliphatic heterocycles. The number of rotatable bonds is 4. The molecule has 0 aromatic heterocycles. The summed E-state index contributed by atoms with van der Waals surface area (Å²) in [5.41, 5.74) is 0.376. The van der Waals surface area contributed by atoms with E-state index in [-0.39, 0.29) is 17.7 Å². The molecule has 0 atom stereocenters. The van der Waals surface area contributed by atoms with Crippen molar-refractivity contribution in [3.05, 3.63) is 18.2 Å². The molecular weight excluding hydrogens is 306 g/mol. The predicted molar refractivity (Wildman–Crippen MR) is 94.0 cm³/mol. The number of nitrogens with zero attached hydrogens (tertiary/aromatic N) is 2. The van der Waals surface area contributed by atoms with Crippen LogP contribution in [0.25, 0.3) is 0 Å². The molecular formula is C18H27N3O3. The Hall–Kier alpha value is -2.11. The van der Waals surface area contributed by atoms with E-state index in [0.717, 1.165) is 29.8 Å². The molecule has 1 aromatic carbocycles. The molecule has 2 heterocycles. The molecule has 0 unspecified atom stereocenters. The number of ether oxygens (including phenoxy) is 3. The van der Waals surface area contributed by atoms with Crippen LogP contribution in [0, 0.1) is 5.41 Å².